The maximum atomic E-state index is 13.0. The van der Waals surface area contributed by atoms with Crippen molar-refractivity contribution in [3.63, 3.8) is 0 Å². The van der Waals surface area contributed by atoms with Crippen LogP contribution in [0, 0.1) is 0 Å². The molecule has 2 heterocycles. The summed E-state index contributed by atoms with van der Waals surface area (Å²) in [6, 6.07) is 8.42. The summed E-state index contributed by atoms with van der Waals surface area (Å²) in [4.78, 5) is 0. The molecule has 1 aromatic heterocycles. The molecule has 0 bridgehead atoms. The fraction of sp³-hybridized carbons (Fsp3) is 0.231. The SMILES string of the molecule is FC1(F)Oc2cccc(CNCc3ccco3)c2O1. The molecule has 6 heteroatoms. The van der Waals surface area contributed by atoms with Gasteiger partial charge in [-0.2, -0.15) is 0 Å². The lowest BCUT2D eigenvalue weighted by molar-refractivity contribution is -0.286. The first-order valence-electron chi connectivity index (χ1n) is 5.75. The summed E-state index contributed by atoms with van der Waals surface area (Å²) < 4.78 is 40.0. The monoisotopic (exact) mass is 267 g/mol. The van der Waals surface area contributed by atoms with Gasteiger partial charge in [0, 0.05) is 12.1 Å². The molecule has 0 saturated heterocycles. The zero-order chi connectivity index (χ0) is 13.3. The van der Waals surface area contributed by atoms with E-state index in [1.807, 2.05) is 6.07 Å². The zero-order valence-corrected chi connectivity index (χ0v) is 9.86. The Balaban J connectivity index is 1.68. The van der Waals surface area contributed by atoms with Crippen LogP contribution in [0.15, 0.2) is 41.0 Å². The van der Waals surface area contributed by atoms with Crippen LogP contribution in [0.2, 0.25) is 0 Å². The molecule has 0 amide bonds. The molecule has 0 radical (unpaired) electrons. The minimum atomic E-state index is -3.58. The number of furan rings is 1. The molecule has 3 rings (SSSR count). The molecule has 0 atom stereocenters. The third-order valence-electron chi connectivity index (χ3n) is 2.70. The molecule has 2 aromatic rings. The molecule has 4 nitrogen and oxygen atoms in total. The standard InChI is InChI=1S/C13H11F2NO3/c14-13(15)18-11-5-1-3-9(12(11)19-13)7-16-8-10-4-2-6-17-10/h1-6,16H,7-8H2. The van der Waals surface area contributed by atoms with Gasteiger partial charge in [0.15, 0.2) is 11.5 Å². The topological polar surface area (TPSA) is 43.6 Å². The number of halogens is 2. The van der Waals surface area contributed by atoms with Crippen molar-refractivity contribution in [1.29, 1.82) is 0 Å². The molecule has 1 aliphatic heterocycles. The lowest BCUT2D eigenvalue weighted by atomic mass is 10.2. The first kappa shape index (κ1) is 12.0. The molecular weight excluding hydrogens is 256 g/mol. The van der Waals surface area contributed by atoms with Crippen LogP contribution in [0.25, 0.3) is 0 Å². The average molecular weight is 267 g/mol. The molecule has 1 N–H and O–H groups in total. The maximum Gasteiger partial charge on any atom is 0.586 e. The number of rotatable bonds is 4. The zero-order valence-electron chi connectivity index (χ0n) is 9.86. The van der Waals surface area contributed by atoms with Crippen molar-refractivity contribution in [3.05, 3.63) is 47.9 Å². The summed E-state index contributed by atoms with van der Waals surface area (Å²) in [6.07, 6.45) is -2.01. The summed E-state index contributed by atoms with van der Waals surface area (Å²) in [5.74, 6) is 0.914. The Bertz CT molecular complexity index is 569. The fourth-order valence-corrected chi connectivity index (χ4v) is 1.90. The van der Waals surface area contributed by atoms with Crippen molar-refractivity contribution in [2.75, 3.05) is 0 Å². The number of fused-ring (bicyclic) bond motifs is 1. The van der Waals surface area contributed by atoms with E-state index < -0.39 is 6.29 Å². The molecule has 0 spiro atoms. The van der Waals surface area contributed by atoms with Crippen molar-refractivity contribution < 1.29 is 22.7 Å². The van der Waals surface area contributed by atoms with Gasteiger partial charge in [-0.25, -0.2) is 0 Å². The van der Waals surface area contributed by atoms with Crippen molar-refractivity contribution in [2.45, 2.75) is 19.4 Å². The molecule has 100 valence electrons. The summed E-state index contributed by atoms with van der Waals surface area (Å²) in [7, 11) is 0. The predicted octanol–water partition coefficient (Wildman–Crippen LogP) is 2.89. The van der Waals surface area contributed by atoms with E-state index >= 15 is 0 Å². The van der Waals surface area contributed by atoms with Crippen LogP contribution in [0.4, 0.5) is 8.78 Å². The number of ether oxygens (including phenoxy) is 2. The van der Waals surface area contributed by atoms with Crippen molar-refractivity contribution >= 4 is 0 Å². The lowest BCUT2D eigenvalue weighted by Gasteiger charge is -2.07. The third-order valence-corrected chi connectivity index (χ3v) is 2.70. The van der Waals surface area contributed by atoms with Crippen LogP contribution in [0.3, 0.4) is 0 Å². The Labute approximate surface area is 107 Å². The number of hydrogen-bond donors (Lipinski definition) is 1. The highest BCUT2D eigenvalue weighted by molar-refractivity contribution is 5.48. The van der Waals surface area contributed by atoms with E-state index in [0.29, 0.717) is 18.7 Å². The van der Waals surface area contributed by atoms with Gasteiger partial charge >= 0.3 is 6.29 Å². The van der Waals surface area contributed by atoms with Crippen LogP contribution in [-0.2, 0) is 13.1 Å². The van der Waals surface area contributed by atoms with Crippen LogP contribution in [0.1, 0.15) is 11.3 Å². The van der Waals surface area contributed by atoms with Crippen LogP contribution in [-0.4, -0.2) is 6.29 Å². The Morgan fingerprint density at radius 2 is 1.95 bits per heavy atom. The van der Waals surface area contributed by atoms with Gasteiger partial charge in [-0.15, -0.1) is 8.78 Å². The molecule has 1 aliphatic rings. The van der Waals surface area contributed by atoms with Gasteiger partial charge in [0.25, 0.3) is 0 Å². The predicted molar refractivity (Wildman–Crippen MR) is 61.9 cm³/mol. The highest BCUT2D eigenvalue weighted by Gasteiger charge is 2.44. The second-order valence-corrected chi connectivity index (χ2v) is 4.09. The normalized spacial score (nSPS) is 15.7. The Morgan fingerprint density at radius 3 is 2.74 bits per heavy atom. The van der Waals surface area contributed by atoms with E-state index in [0.717, 1.165) is 5.76 Å². The van der Waals surface area contributed by atoms with Gasteiger partial charge in [-0.1, -0.05) is 12.1 Å². The van der Waals surface area contributed by atoms with Gasteiger partial charge in [-0.3, -0.25) is 0 Å². The lowest BCUT2D eigenvalue weighted by Crippen LogP contribution is -2.26. The first-order valence-corrected chi connectivity index (χ1v) is 5.75. The van der Waals surface area contributed by atoms with Crippen LogP contribution in [0.5, 0.6) is 11.5 Å². The summed E-state index contributed by atoms with van der Waals surface area (Å²) >= 11 is 0. The van der Waals surface area contributed by atoms with Gasteiger partial charge < -0.3 is 19.2 Å². The largest absolute Gasteiger partial charge is 0.586 e. The van der Waals surface area contributed by atoms with Crippen LogP contribution >= 0.6 is 0 Å². The molecular formula is C13H11F2NO3. The highest BCUT2D eigenvalue weighted by Crippen LogP contribution is 2.43. The van der Waals surface area contributed by atoms with Crippen molar-refractivity contribution in [2.24, 2.45) is 0 Å². The molecule has 0 unspecified atom stereocenters. The van der Waals surface area contributed by atoms with Crippen molar-refractivity contribution in [3.8, 4) is 11.5 Å². The Hall–Kier alpha value is -2.08. The summed E-state index contributed by atoms with van der Waals surface area (Å²) in [5.41, 5.74) is 0.612. The summed E-state index contributed by atoms with van der Waals surface area (Å²) in [5, 5.41) is 3.09. The number of benzene rings is 1. The highest BCUT2D eigenvalue weighted by atomic mass is 19.3. The molecule has 19 heavy (non-hydrogen) atoms. The van der Waals surface area contributed by atoms with Crippen molar-refractivity contribution in [1.82, 2.24) is 5.32 Å². The van der Waals surface area contributed by atoms with Gasteiger partial charge in [0.2, 0.25) is 0 Å². The fourth-order valence-electron chi connectivity index (χ4n) is 1.90. The Kier molecular flexibility index (Phi) is 2.87. The molecule has 0 aliphatic carbocycles. The third kappa shape index (κ3) is 2.53. The first-order chi connectivity index (χ1) is 9.14. The maximum absolute atomic E-state index is 13.0. The average Bonchev–Trinajstić information content (AvgIpc) is 2.95. The van der Waals surface area contributed by atoms with E-state index in [-0.39, 0.29) is 11.5 Å². The van der Waals surface area contributed by atoms with Gasteiger partial charge in [0.1, 0.15) is 5.76 Å². The van der Waals surface area contributed by atoms with Gasteiger partial charge in [-0.05, 0) is 18.2 Å². The minimum Gasteiger partial charge on any atom is -0.468 e. The number of hydrogen-bond acceptors (Lipinski definition) is 4. The number of nitrogens with one attached hydrogen (secondary N) is 1. The second kappa shape index (κ2) is 4.55. The van der Waals surface area contributed by atoms with E-state index in [1.165, 1.54) is 6.07 Å². The van der Waals surface area contributed by atoms with E-state index in [1.54, 1.807) is 24.5 Å². The second-order valence-electron chi connectivity index (χ2n) is 4.09. The minimum absolute atomic E-state index is 0.0577. The molecule has 0 saturated carbocycles. The quantitative estimate of drug-likeness (QED) is 0.925. The smallest absolute Gasteiger partial charge is 0.468 e. The van der Waals surface area contributed by atoms with Gasteiger partial charge in [0.05, 0.1) is 12.8 Å². The molecule has 1 aromatic carbocycles. The van der Waals surface area contributed by atoms with E-state index in [2.05, 4.69) is 14.8 Å². The summed E-state index contributed by atoms with van der Waals surface area (Å²) in [6.45, 7) is 0.886. The molecule has 0 fully saturated rings. The number of alkyl halides is 2. The Morgan fingerprint density at radius 1 is 1.05 bits per heavy atom. The van der Waals surface area contributed by atoms with Crippen LogP contribution < -0.4 is 14.8 Å². The van der Waals surface area contributed by atoms with E-state index in [9.17, 15) is 8.78 Å². The van der Waals surface area contributed by atoms with E-state index in [4.69, 9.17) is 4.42 Å². The number of para-hydroxylation sites is 1.